The van der Waals surface area contributed by atoms with Crippen LogP contribution >= 0.6 is 11.6 Å². The number of nitrogens with zero attached hydrogens (tertiary/aromatic N) is 6. The Morgan fingerprint density at radius 1 is 1.07 bits per heavy atom. The maximum Gasteiger partial charge on any atom is 0.257 e. The molecular formula is C34H33ClFN7O3. The van der Waals surface area contributed by atoms with E-state index in [1.807, 2.05) is 18.2 Å². The summed E-state index contributed by atoms with van der Waals surface area (Å²) in [5.74, 6) is 1.36. The number of nitrogens with one attached hydrogen (secondary N) is 1. The van der Waals surface area contributed by atoms with Gasteiger partial charge in [0.25, 0.3) is 5.91 Å². The molecule has 0 radical (unpaired) electrons. The summed E-state index contributed by atoms with van der Waals surface area (Å²) in [7, 11) is 0. The fraction of sp³-hybridized carbons (Fsp3) is 0.324. The van der Waals surface area contributed by atoms with Crippen LogP contribution in [-0.2, 0) is 24.2 Å². The standard InChI is InChI=1S/C34H33ClFN7O3/c35-24-4-3-22(28(36)17-24)16-31-38-12-7-33(41-31)46-26-8-13-42(14-9-26)21-32-40-29-18-25(39-34(44)23-2-1-11-37-19-23)5-6-30(29)43(32)20-27-10-15-45-27/h1-7,11-12,17-19,26-27H,8-10,13-16,20-21H2,(H,39,44)/t27-/m0/s1. The van der Waals surface area contributed by atoms with Crippen LogP contribution in [-0.4, -0.2) is 67.2 Å². The second kappa shape index (κ2) is 13.5. The highest BCUT2D eigenvalue weighted by Crippen LogP contribution is 2.26. The molecule has 1 amide bonds. The lowest BCUT2D eigenvalue weighted by Gasteiger charge is -2.32. The highest BCUT2D eigenvalue weighted by Gasteiger charge is 2.26. The average Bonchev–Trinajstić information content (AvgIpc) is 3.37. The fourth-order valence-corrected chi connectivity index (χ4v) is 6.00. The summed E-state index contributed by atoms with van der Waals surface area (Å²) < 4.78 is 28.5. The van der Waals surface area contributed by atoms with E-state index in [-0.39, 0.29) is 30.4 Å². The third-order valence-electron chi connectivity index (χ3n) is 8.42. The molecule has 1 atom stereocenters. The van der Waals surface area contributed by atoms with Crippen molar-refractivity contribution in [3.8, 4) is 5.88 Å². The van der Waals surface area contributed by atoms with Gasteiger partial charge in [-0.15, -0.1) is 0 Å². The van der Waals surface area contributed by atoms with E-state index in [1.54, 1.807) is 48.9 Å². The Kier molecular flexibility index (Phi) is 8.87. The van der Waals surface area contributed by atoms with Crippen LogP contribution in [0.3, 0.4) is 0 Å². The van der Waals surface area contributed by atoms with Crippen molar-refractivity contribution in [2.24, 2.45) is 0 Å². The van der Waals surface area contributed by atoms with E-state index in [2.05, 4.69) is 29.7 Å². The van der Waals surface area contributed by atoms with Gasteiger partial charge in [0.05, 0.1) is 35.8 Å². The number of aromatic nitrogens is 5. The van der Waals surface area contributed by atoms with Crippen LogP contribution in [0.5, 0.6) is 5.88 Å². The fourth-order valence-electron chi connectivity index (χ4n) is 5.84. The van der Waals surface area contributed by atoms with Gasteiger partial charge in [-0.1, -0.05) is 17.7 Å². The van der Waals surface area contributed by atoms with E-state index >= 15 is 0 Å². The largest absolute Gasteiger partial charge is 0.474 e. The van der Waals surface area contributed by atoms with Crippen molar-refractivity contribution in [1.29, 1.82) is 0 Å². The second-order valence-corrected chi connectivity index (χ2v) is 12.1. The molecule has 0 unspecified atom stereocenters. The van der Waals surface area contributed by atoms with Gasteiger partial charge in [0.2, 0.25) is 5.88 Å². The number of amides is 1. The van der Waals surface area contributed by atoms with E-state index < -0.39 is 0 Å². The van der Waals surface area contributed by atoms with Crippen LogP contribution in [0, 0.1) is 5.82 Å². The first-order chi connectivity index (χ1) is 22.5. The highest BCUT2D eigenvalue weighted by atomic mass is 35.5. The molecule has 0 spiro atoms. The quantitative estimate of drug-likeness (QED) is 0.207. The molecule has 3 aromatic heterocycles. The number of piperidine rings is 1. The third-order valence-corrected chi connectivity index (χ3v) is 8.65. The molecule has 0 saturated carbocycles. The van der Waals surface area contributed by atoms with Crippen molar-refractivity contribution < 1.29 is 18.7 Å². The number of hydrogen-bond acceptors (Lipinski definition) is 8. The number of fused-ring (bicyclic) bond motifs is 1. The summed E-state index contributed by atoms with van der Waals surface area (Å²) in [5, 5.41) is 3.31. The summed E-state index contributed by atoms with van der Waals surface area (Å²) in [6.45, 7) is 3.90. The van der Waals surface area contributed by atoms with E-state index in [0.717, 1.165) is 62.4 Å². The van der Waals surface area contributed by atoms with Gasteiger partial charge in [-0.3, -0.25) is 14.7 Å². The molecule has 1 N–H and O–H groups in total. The zero-order valence-corrected chi connectivity index (χ0v) is 25.9. The Bertz CT molecular complexity index is 1840. The first kappa shape index (κ1) is 30.2. The predicted molar refractivity (Wildman–Crippen MR) is 171 cm³/mol. The zero-order chi connectivity index (χ0) is 31.5. The monoisotopic (exact) mass is 641 g/mol. The molecule has 2 aliphatic heterocycles. The van der Waals surface area contributed by atoms with E-state index in [4.69, 9.17) is 26.1 Å². The van der Waals surface area contributed by atoms with Crippen LogP contribution in [0.2, 0.25) is 5.02 Å². The molecule has 10 nitrogen and oxygen atoms in total. The normalized spacial score (nSPS) is 17.1. The van der Waals surface area contributed by atoms with E-state index in [1.165, 1.54) is 6.07 Å². The Labute approximate surface area is 270 Å². The number of hydrogen-bond donors (Lipinski definition) is 1. The Balaban J connectivity index is 0.996. The number of carbonyl (C=O) groups is 1. The summed E-state index contributed by atoms with van der Waals surface area (Å²) in [6.07, 6.45) is 7.97. The number of pyridine rings is 1. The SMILES string of the molecule is O=C(Nc1ccc2c(c1)nc(CN1CCC(Oc3ccnc(Cc4ccc(Cl)cc4F)n3)CC1)n2C[C@@H]1CCO1)c1cccnc1. The van der Waals surface area contributed by atoms with Gasteiger partial charge < -0.3 is 19.4 Å². The molecule has 2 fully saturated rings. The molecule has 2 saturated heterocycles. The lowest BCUT2D eigenvalue weighted by molar-refractivity contribution is -0.0592. The number of rotatable bonds is 10. The van der Waals surface area contributed by atoms with Crippen LogP contribution in [0.15, 0.2) is 73.2 Å². The minimum atomic E-state index is -0.378. The van der Waals surface area contributed by atoms with Gasteiger partial charge in [0, 0.05) is 61.5 Å². The van der Waals surface area contributed by atoms with E-state index in [9.17, 15) is 9.18 Å². The van der Waals surface area contributed by atoms with Crippen LogP contribution in [0.1, 0.15) is 46.8 Å². The third kappa shape index (κ3) is 7.01. The van der Waals surface area contributed by atoms with Gasteiger partial charge in [-0.05, 0) is 67.3 Å². The molecule has 12 heteroatoms. The highest BCUT2D eigenvalue weighted by molar-refractivity contribution is 6.30. The minimum absolute atomic E-state index is 0.0134. The number of ether oxygens (including phenoxy) is 2. The molecule has 7 rings (SSSR count). The number of likely N-dealkylation sites (tertiary alicyclic amines) is 1. The lowest BCUT2D eigenvalue weighted by Crippen LogP contribution is -2.39. The number of halogens is 2. The van der Waals surface area contributed by atoms with Gasteiger partial charge >= 0.3 is 0 Å². The summed E-state index contributed by atoms with van der Waals surface area (Å²) in [4.78, 5) is 33.0. The number of benzene rings is 2. The second-order valence-electron chi connectivity index (χ2n) is 11.6. The van der Waals surface area contributed by atoms with Gasteiger partial charge in [-0.2, -0.15) is 4.98 Å². The van der Waals surface area contributed by atoms with Crippen molar-refractivity contribution in [2.75, 3.05) is 25.0 Å². The van der Waals surface area contributed by atoms with E-state index in [0.29, 0.717) is 40.1 Å². The first-order valence-corrected chi connectivity index (χ1v) is 15.8. The summed E-state index contributed by atoms with van der Waals surface area (Å²) in [6, 6.07) is 15.7. The molecule has 0 bridgehead atoms. The molecule has 0 aliphatic carbocycles. The van der Waals surface area contributed by atoms with Gasteiger partial charge in [0.1, 0.15) is 23.6 Å². The molecule has 2 aromatic carbocycles. The molecule has 236 valence electrons. The Hall–Kier alpha value is -4.45. The minimum Gasteiger partial charge on any atom is -0.474 e. The van der Waals surface area contributed by atoms with Crippen molar-refractivity contribution in [2.45, 2.75) is 51.0 Å². The number of carbonyl (C=O) groups excluding carboxylic acids is 1. The smallest absolute Gasteiger partial charge is 0.257 e. The van der Waals surface area contributed by atoms with Crippen LogP contribution < -0.4 is 10.1 Å². The summed E-state index contributed by atoms with van der Waals surface area (Å²) in [5.41, 5.74) is 3.50. The Morgan fingerprint density at radius 3 is 2.70 bits per heavy atom. The molecular weight excluding hydrogens is 609 g/mol. The van der Waals surface area contributed by atoms with Crippen LogP contribution in [0.4, 0.5) is 10.1 Å². The first-order valence-electron chi connectivity index (χ1n) is 15.4. The van der Waals surface area contributed by atoms with Crippen molar-refractivity contribution in [1.82, 2.24) is 29.4 Å². The average molecular weight is 642 g/mol. The maximum absolute atomic E-state index is 14.3. The number of imidazole rings is 1. The molecule has 5 heterocycles. The molecule has 5 aromatic rings. The zero-order valence-electron chi connectivity index (χ0n) is 25.1. The molecule has 2 aliphatic rings. The van der Waals surface area contributed by atoms with Crippen LogP contribution in [0.25, 0.3) is 11.0 Å². The van der Waals surface area contributed by atoms with Gasteiger partial charge in [-0.25, -0.2) is 14.4 Å². The van der Waals surface area contributed by atoms with Crippen molar-refractivity contribution in [3.63, 3.8) is 0 Å². The predicted octanol–water partition coefficient (Wildman–Crippen LogP) is 5.69. The van der Waals surface area contributed by atoms with Gasteiger partial charge in [0.15, 0.2) is 0 Å². The molecule has 46 heavy (non-hydrogen) atoms. The maximum atomic E-state index is 14.3. The Morgan fingerprint density at radius 2 is 1.93 bits per heavy atom. The van der Waals surface area contributed by atoms with Crippen molar-refractivity contribution in [3.05, 3.63) is 107 Å². The lowest BCUT2D eigenvalue weighted by atomic mass is 10.1. The topological polar surface area (TPSA) is 107 Å². The summed E-state index contributed by atoms with van der Waals surface area (Å²) >= 11 is 5.88. The number of anilines is 1. The van der Waals surface area contributed by atoms with Crippen molar-refractivity contribution >= 4 is 34.2 Å².